The van der Waals surface area contributed by atoms with Crippen molar-refractivity contribution in [1.82, 2.24) is 0 Å². The Balaban J connectivity index is 0. The number of fused-ring (bicyclic) bond motifs is 21. The lowest BCUT2D eigenvalue weighted by Crippen LogP contribution is -2.49. The minimum atomic E-state index is 0.498. The van der Waals surface area contributed by atoms with Crippen molar-refractivity contribution in [3.63, 3.8) is 0 Å². The zero-order chi connectivity index (χ0) is 103. The van der Waals surface area contributed by atoms with Gasteiger partial charge in [-0.15, -0.1) is 0 Å². The van der Waals surface area contributed by atoms with E-state index in [1.165, 1.54) is 152 Å². The fourth-order valence-corrected chi connectivity index (χ4v) is 32.5. The fourth-order valence-electron chi connectivity index (χ4n) is 32.5. The second-order valence-electron chi connectivity index (χ2n) is 52.4. The second-order valence-corrected chi connectivity index (χ2v) is 52.4. The van der Waals surface area contributed by atoms with Crippen LogP contribution in [0.3, 0.4) is 0 Å². The van der Waals surface area contributed by atoms with Crippen molar-refractivity contribution in [3.05, 3.63) is 24.3 Å². The summed E-state index contributed by atoms with van der Waals surface area (Å²) in [6.07, 6.45) is 74.4. The SMILES string of the molecule is CC.CC.CC.CC.CC.CC.CC.CC.CC.CC.CC.CC.CC.CC(C)(C)C.CC1(C)C2CC3CC(C2)C1C3.CC1(C)C2CC3CC(C2)CC1C3.CC1(C)C=CCC1.CC1(C)C=CCCC1.CC1(C)CC2CC1C1C3CCC(C3)C21.CC1(C)CC2CC1C1CCCC21.CC1(C)CC2CC1C1CCCCC21.CC1(C)CC2CCC1C2.CC1(C)CCCC1.CC1(C)CCCCC1. The van der Waals surface area contributed by atoms with Gasteiger partial charge in [0.2, 0.25) is 0 Å². The first kappa shape index (κ1) is 134. The highest BCUT2D eigenvalue weighted by molar-refractivity contribution is 5.14. The van der Waals surface area contributed by atoms with E-state index < -0.39 is 0 Å². The molecule has 0 spiro atoms. The van der Waals surface area contributed by atoms with E-state index in [9.17, 15) is 0 Å². The highest BCUT2D eigenvalue weighted by Gasteiger charge is 2.65. The minimum absolute atomic E-state index is 0.498. The van der Waals surface area contributed by atoms with E-state index >= 15 is 0 Å². The molecule has 20 unspecified atom stereocenters. The fraction of sp³-hybridized carbons (Fsp3) is 0.970. The zero-order valence-electron chi connectivity index (χ0n) is 102. The van der Waals surface area contributed by atoms with Crippen molar-refractivity contribution in [2.45, 2.75) is 622 Å². The van der Waals surface area contributed by atoms with Gasteiger partial charge >= 0.3 is 0 Å². The van der Waals surface area contributed by atoms with E-state index in [2.05, 4.69) is 190 Å². The first-order chi connectivity index (χ1) is 62.4. The van der Waals surface area contributed by atoms with Gasteiger partial charge in [-0.05, 0) is 420 Å². The Morgan fingerprint density at radius 3 is 0.879 bits per heavy atom. The summed E-state index contributed by atoms with van der Waals surface area (Å²) in [5, 5.41) is 0. The van der Waals surface area contributed by atoms with E-state index in [1.54, 1.807) is 154 Å². The van der Waals surface area contributed by atoms with Gasteiger partial charge in [-0.25, -0.2) is 0 Å². The van der Waals surface area contributed by atoms with Gasteiger partial charge in [0.15, 0.2) is 0 Å². The third-order valence-corrected chi connectivity index (χ3v) is 38.0. The quantitative estimate of drug-likeness (QED) is 0.168. The lowest BCUT2D eigenvalue weighted by atomic mass is 9.46. The van der Waals surface area contributed by atoms with Gasteiger partial charge in [-0.3, -0.25) is 0 Å². The van der Waals surface area contributed by atoms with Crippen LogP contribution < -0.4 is 0 Å². The molecule has 20 atom stereocenters. The van der Waals surface area contributed by atoms with Crippen LogP contribution in [0, 0.1) is 202 Å². The largest absolute Gasteiger partial charge is 0.0880 e. The molecule has 0 aromatic rings. The summed E-state index contributed by atoms with van der Waals surface area (Å²) < 4.78 is 0. The molecule has 18 bridgehead atoms. The molecule has 0 amide bonds. The molecule has 0 heteroatoms. The van der Waals surface area contributed by atoms with Crippen LogP contribution in [0.1, 0.15) is 622 Å². The molecule has 0 N–H and O–H groups in total. The molecule has 0 saturated heterocycles. The van der Waals surface area contributed by atoms with E-state index in [4.69, 9.17) is 0 Å². The molecular weight excluding hydrogens is 1590 g/mol. The normalized spacial score (nSPS) is 36.7. The smallest absolute Gasteiger partial charge is 0.0172 e. The third-order valence-electron chi connectivity index (χ3n) is 38.0. The van der Waals surface area contributed by atoms with Crippen LogP contribution in [0.25, 0.3) is 0 Å². The molecule has 0 aromatic carbocycles. The first-order valence-corrected chi connectivity index (χ1v) is 61.7. The van der Waals surface area contributed by atoms with Gasteiger partial charge < -0.3 is 0 Å². The highest BCUT2D eigenvalue weighted by Crippen LogP contribution is 2.73. The van der Waals surface area contributed by atoms with Crippen molar-refractivity contribution < 1.29 is 0 Å². The van der Waals surface area contributed by atoms with Crippen LogP contribution in [-0.2, 0) is 0 Å². The van der Waals surface area contributed by atoms with E-state index in [0.29, 0.717) is 54.1 Å². The van der Waals surface area contributed by atoms with E-state index in [1.807, 2.05) is 180 Å². The molecule has 24 rings (SSSR count). The molecule has 0 aromatic heterocycles. The number of hydrogen-bond acceptors (Lipinski definition) is 0. The molecule has 22 fully saturated rings. The highest BCUT2D eigenvalue weighted by atomic mass is 14.7. The Bertz CT molecular complexity index is 2780. The lowest BCUT2D eigenvalue weighted by Gasteiger charge is -2.59. The van der Waals surface area contributed by atoms with Crippen LogP contribution in [0.5, 0.6) is 0 Å². The number of allylic oxidation sites excluding steroid dienone is 4. The molecule has 0 aliphatic heterocycles. The summed E-state index contributed by atoms with van der Waals surface area (Å²) in [4.78, 5) is 0. The predicted octanol–water partition coefficient (Wildman–Crippen LogP) is 46.5. The van der Waals surface area contributed by atoms with Crippen molar-refractivity contribution in [1.29, 1.82) is 0 Å². The Hall–Kier alpha value is -0.520. The van der Waals surface area contributed by atoms with Gasteiger partial charge in [-0.2, -0.15) is 0 Å². The molecule has 792 valence electrons. The maximum absolute atomic E-state index is 2.54. The molecule has 0 radical (unpaired) electrons. The number of hydrogen-bond donors (Lipinski definition) is 0. The lowest BCUT2D eigenvalue weighted by molar-refractivity contribution is -0.0876. The van der Waals surface area contributed by atoms with Crippen LogP contribution >= 0.6 is 0 Å². The summed E-state index contributed by atoms with van der Waals surface area (Å²) in [6, 6.07) is 0. The minimum Gasteiger partial charge on any atom is -0.0880 e. The summed E-state index contributed by atoms with van der Waals surface area (Å²) in [5.74, 6) is 27.3. The molecule has 0 heterocycles. The monoisotopic (exact) mass is 1850 g/mol. The van der Waals surface area contributed by atoms with Crippen molar-refractivity contribution >= 4 is 0 Å². The molecule has 24 aliphatic rings. The topological polar surface area (TPSA) is 0 Å². The second kappa shape index (κ2) is 64.3. The Labute approximate surface area is 842 Å². The van der Waals surface area contributed by atoms with Crippen molar-refractivity contribution in [2.24, 2.45) is 202 Å². The van der Waals surface area contributed by atoms with Crippen LogP contribution in [0.4, 0.5) is 0 Å². The first-order valence-electron chi connectivity index (χ1n) is 61.7. The van der Waals surface area contributed by atoms with Gasteiger partial charge in [0.25, 0.3) is 0 Å². The molecule has 0 nitrogen and oxygen atoms in total. The molecule has 132 heavy (non-hydrogen) atoms. The summed E-state index contributed by atoms with van der Waals surface area (Å²) >= 11 is 0. The average Bonchev–Trinajstić information content (AvgIpc) is 1.54. The molecular formula is C132H264. The van der Waals surface area contributed by atoms with E-state index in [-0.39, 0.29) is 0 Å². The van der Waals surface area contributed by atoms with Crippen LogP contribution in [-0.4, -0.2) is 0 Å². The van der Waals surface area contributed by atoms with Crippen molar-refractivity contribution in [2.75, 3.05) is 0 Å². The zero-order valence-corrected chi connectivity index (χ0v) is 102. The van der Waals surface area contributed by atoms with Crippen LogP contribution in [0.2, 0.25) is 0 Å². The Kier molecular flexibility index (Phi) is 65.0. The van der Waals surface area contributed by atoms with Gasteiger partial charge in [-0.1, -0.05) is 428 Å². The summed E-state index contributed by atoms with van der Waals surface area (Å²) in [7, 11) is 0. The summed E-state index contributed by atoms with van der Waals surface area (Å²) in [5.41, 5.74) is 7.13. The Morgan fingerprint density at radius 2 is 0.561 bits per heavy atom. The van der Waals surface area contributed by atoms with Crippen LogP contribution in [0.15, 0.2) is 24.3 Å². The predicted molar refractivity (Wildman–Crippen MR) is 611 cm³/mol. The third kappa shape index (κ3) is 39.5. The van der Waals surface area contributed by atoms with Crippen molar-refractivity contribution in [3.8, 4) is 0 Å². The maximum Gasteiger partial charge on any atom is -0.0172 e. The van der Waals surface area contributed by atoms with Gasteiger partial charge in [0.05, 0.1) is 0 Å². The molecule has 22 saturated carbocycles. The maximum atomic E-state index is 2.54. The van der Waals surface area contributed by atoms with E-state index in [0.717, 1.165) is 118 Å². The van der Waals surface area contributed by atoms with Gasteiger partial charge in [0, 0.05) is 0 Å². The van der Waals surface area contributed by atoms with Gasteiger partial charge in [0.1, 0.15) is 0 Å². The standard InChI is InChI=1S/C14H22.C13H22.2C12H20.C11H18.C9H16.C8H16.C8H14.C7H14.C7H12.C5H12.13C2H6/c1-14(2)7-10-6-11(14)13-9-4-3-8(5-9)12(10)13;1-13(2)8-9-7-12(13)11-6-4-3-5-10(9)11;1-12(2)10-4-8-3-9(6-10)7-11(12)5-8;1-12(2)7-8-6-11(12)10-5-3-4-9(8)10;1-11(2)9-4-7-3-8(6-9)10(11)5-7;1-9(2)6-7-3-4-8(9)5-7;2*1-8(2)6-4-3-5-7-8;2*1-7(2)5-3-4-6-7;1-5(2,3)4;13*1-2/h8-13H,3-7H2,1-2H3;9-12H,3-8H2,1-2H3;2*8-11H,3-7H2,1-2H3;7-10H,3-6H2,1-2H3;7-8H,3-6H2,1-2H3;3-7H2,1-2H3;4,6H,3,5,7H2,1-2H3;3-6H2,1-2H3;3,5H,4,6H2,1-2H3;1-4H3;13*1-2H3. The average molecular weight is 1850 g/mol. The number of rotatable bonds is 0. The molecule has 24 aliphatic carbocycles. The Morgan fingerprint density at radius 1 is 0.212 bits per heavy atom. The summed E-state index contributed by atoms with van der Waals surface area (Å²) in [6.45, 7) is 109.